The molecule has 0 atom stereocenters. The first-order valence-electron chi connectivity index (χ1n) is 15.7. The second kappa shape index (κ2) is 11.7. The van der Waals surface area contributed by atoms with Gasteiger partial charge >= 0.3 is 0 Å². The van der Waals surface area contributed by atoms with Crippen LogP contribution in [0.4, 0.5) is 0 Å². The average molecular weight is 580 g/mol. The van der Waals surface area contributed by atoms with Gasteiger partial charge in [0.1, 0.15) is 0 Å². The van der Waals surface area contributed by atoms with Crippen molar-refractivity contribution in [1.82, 2.24) is 0 Å². The standard InChI is InChI=1S/C44H37N/c1-43(2)41-24-11-10-23-39(41)40-26-25-35(31-42(40)43)33-16-12-15-32(29-33)34-17-13-22-38(30-34)44(27-14-28-45-3,36-18-6-4-7-19-36)37-20-8-5-9-21-37/h4-31H,1-3H3/b27-14+,45-28?. The minimum atomic E-state index is -0.488. The second-order valence-electron chi connectivity index (χ2n) is 12.4. The van der Waals surface area contributed by atoms with E-state index in [1.165, 1.54) is 61.2 Å². The Morgan fingerprint density at radius 3 is 1.69 bits per heavy atom. The summed E-state index contributed by atoms with van der Waals surface area (Å²) in [6.07, 6.45) is 6.22. The molecule has 0 aliphatic heterocycles. The van der Waals surface area contributed by atoms with Crippen LogP contribution in [-0.2, 0) is 10.8 Å². The zero-order chi connectivity index (χ0) is 30.9. The van der Waals surface area contributed by atoms with Crippen LogP contribution >= 0.6 is 0 Å². The first-order chi connectivity index (χ1) is 22.0. The van der Waals surface area contributed by atoms with E-state index >= 15 is 0 Å². The molecule has 0 radical (unpaired) electrons. The van der Waals surface area contributed by atoms with Gasteiger partial charge in [-0.1, -0.05) is 153 Å². The highest BCUT2D eigenvalue weighted by Gasteiger charge is 2.36. The molecule has 0 spiro atoms. The summed E-state index contributed by atoms with van der Waals surface area (Å²) in [4.78, 5) is 4.25. The molecule has 7 rings (SSSR count). The zero-order valence-corrected chi connectivity index (χ0v) is 26.1. The summed E-state index contributed by atoms with van der Waals surface area (Å²) in [7, 11) is 1.81. The van der Waals surface area contributed by atoms with Crippen LogP contribution in [0.1, 0.15) is 41.7 Å². The van der Waals surface area contributed by atoms with E-state index in [2.05, 4.69) is 183 Å². The molecule has 0 bridgehead atoms. The first-order valence-corrected chi connectivity index (χ1v) is 15.7. The van der Waals surface area contributed by atoms with Crippen LogP contribution in [0.25, 0.3) is 33.4 Å². The van der Waals surface area contributed by atoms with Gasteiger partial charge in [0, 0.05) is 18.7 Å². The van der Waals surface area contributed by atoms with Gasteiger partial charge in [-0.3, -0.25) is 4.99 Å². The summed E-state index contributed by atoms with van der Waals surface area (Å²) in [5.74, 6) is 0. The summed E-state index contributed by atoms with van der Waals surface area (Å²) >= 11 is 0. The fraction of sp³-hybridized carbons (Fsp3) is 0.114. The maximum absolute atomic E-state index is 4.25. The number of hydrogen-bond acceptors (Lipinski definition) is 1. The van der Waals surface area contributed by atoms with Gasteiger partial charge in [-0.15, -0.1) is 0 Å². The Kier molecular flexibility index (Phi) is 7.39. The molecule has 0 unspecified atom stereocenters. The van der Waals surface area contributed by atoms with Gasteiger partial charge in [0.15, 0.2) is 0 Å². The van der Waals surface area contributed by atoms with Gasteiger partial charge in [-0.05, 0) is 85.5 Å². The third-order valence-corrected chi connectivity index (χ3v) is 9.47. The summed E-state index contributed by atoms with van der Waals surface area (Å²) in [5.41, 5.74) is 13.5. The van der Waals surface area contributed by atoms with Crippen LogP contribution in [0.15, 0.2) is 169 Å². The third kappa shape index (κ3) is 4.95. The summed E-state index contributed by atoms with van der Waals surface area (Å²) in [6.45, 7) is 4.69. The van der Waals surface area contributed by atoms with E-state index in [0.29, 0.717) is 0 Å². The average Bonchev–Trinajstić information content (AvgIpc) is 3.33. The van der Waals surface area contributed by atoms with Crippen molar-refractivity contribution in [3.63, 3.8) is 0 Å². The van der Waals surface area contributed by atoms with Gasteiger partial charge in [-0.2, -0.15) is 0 Å². The minimum absolute atomic E-state index is 0.0257. The summed E-state index contributed by atoms with van der Waals surface area (Å²) in [6, 6.07) is 55.4. The highest BCUT2D eigenvalue weighted by Crippen LogP contribution is 2.49. The van der Waals surface area contributed by atoms with Crippen LogP contribution in [0, 0.1) is 0 Å². The van der Waals surface area contributed by atoms with Crippen molar-refractivity contribution in [2.45, 2.75) is 24.7 Å². The smallest absolute Gasteiger partial charge is 0.0635 e. The van der Waals surface area contributed by atoms with Crippen molar-refractivity contribution in [1.29, 1.82) is 0 Å². The molecule has 0 saturated carbocycles. The monoisotopic (exact) mass is 579 g/mol. The number of nitrogens with zero attached hydrogens (tertiary/aromatic N) is 1. The minimum Gasteiger partial charge on any atom is -0.297 e. The van der Waals surface area contributed by atoms with Crippen molar-refractivity contribution in [3.8, 4) is 33.4 Å². The summed E-state index contributed by atoms with van der Waals surface area (Å²) in [5, 5.41) is 0. The fourth-order valence-electron chi connectivity index (χ4n) is 7.17. The number of allylic oxidation sites excluding steroid dienone is 2. The van der Waals surface area contributed by atoms with Crippen LogP contribution in [-0.4, -0.2) is 13.3 Å². The number of aliphatic imine (C=N–C) groups is 1. The normalized spacial score (nSPS) is 13.7. The van der Waals surface area contributed by atoms with E-state index in [-0.39, 0.29) is 5.41 Å². The topological polar surface area (TPSA) is 12.4 Å². The van der Waals surface area contributed by atoms with Gasteiger partial charge in [0.05, 0.1) is 5.41 Å². The van der Waals surface area contributed by atoms with Crippen molar-refractivity contribution < 1.29 is 0 Å². The van der Waals surface area contributed by atoms with Crippen LogP contribution < -0.4 is 0 Å². The number of hydrogen-bond donors (Lipinski definition) is 0. The highest BCUT2D eigenvalue weighted by molar-refractivity contribution is 5.84. The molecule has 0 amide bonds. The molecule has 1 heteroatoms. The largest absolute Gasteiger partial charge is 0.297 e. The van der Waals surface area contributed by atoms with E-state index in [9.17, 15) is 0 Å². The Labute approximate surface area is 267 Å². The van der Waals surface area contributed by atoms with E-state index in [4.69, 9.17) is 0 Å². The lowest BCUT2D eigenvalue weighted by atomic mass is 9.69. The van der Waals surface area contributed by atoms with Crippen LogP contribution in [0.5, 0.6) is 0 Å². The van der Waals surface area contributed by atoms with Crippen molar-refractivity contribution in [2.24, 2.45) is 4.99 Å². The molecule has 0 fully saturated rings. The molecular weight excluding hydrogens is 542 g/mol. The highest BCUT2D eigenvalue weighted by atomic mass is 14.6. The molecule has 0 saturated heterocycles. The number of benzene rings is 6. The molecule has 6 aromatic carbocycles. The molecule has 1 aliphatic rings. The third-order valence-electron chi connectivity index (χ3n) is 9.47. The molecule has 6 aromatic rings. The van der Waals surface area contributed by atoms with E-state index in [1.54, 1.807) is 0 Å². The lowest BCUT2D eigenvalue weighted by Crippen LogP contribution is -2.27. The Bertz CT molecular complexity index is 1990. The second-order valence-corrected chi connectivity index (χ2v) is 12.4. The molecule has 0 N–H and O–H groups in total. The van der Waals surface area contributed by atoms with Gasteiger partial charge in [0.2, 0.25) is 0 Å². The van der Waals surface area contributed by atoms with Crippen LogP contribution in [0.3, 0.4) is 0 Å². The Morgan fingerprint density at radius 1 is 0.489 bits per heavy atom. The van der Waals surface area contributed by atoms with Crippen LogP contribution in [0.2, 0.25) is 0 Å². The summed E-state index contributed by atoms with van der Waals surface area (Å²) < 4.78 is 0. The molecule has 218 valence electrons. The van der Waals surface area contributed by atoms with Gasteiger partial charge < -0.3 is 0 Å². The Morgan fingerprint density at radius 2 is 1.02 bits per heavy atom. The van der Waals surface area contributed by atoms with Crippen molar-refractivity contribution in [2.75, 3.05) is 7.05 Å². The predicted molar refractivity (Wildman–Crippen MR) is 191 cm³/mol. The molecule has 45 heavy (non-hydrogen) atoms. The van der Waals surface area contributed by atoms with Gasteiger partial charge in [-0.25, -0.2) is 0 Å². The number of fused-ring (bicyclic) bond motifs is 3. The van der Waals surface area contributed by atoms with E-state index < -0.39 is 5.41 Å². The molecule has 1 aliphatic carbocycles. The molecule has 0 aromatic heterocycles. The maximum Gasteiger partial charge on any atom is 0.0635 e. The van der Waals surface area contributed by atoms with Crippen molar-refractivity contribution in [3.05, 3.63) is 192 Å². The fourth-order valence-corrected chi connectivity index (χ4v) is 7.17. The predicted octanol–water partition coefficient (Wildman–Crippen LogP) is 10.9. The first kappa shape index (κ1) is 28.5. The lowest BCUT2D eigenvalue weighted by molar-refractivity contribution is 0.660. The van der Waals surface area contributed by atoms with Gasteiger partial charge in [0.25, 0.3) is 0 Å². The Balaban J connectivity index is 1.34. The SMILES string of the molecule is CN=C/C=C/C(c1ccccc1)(c1ccccc1)c1cccc(-c2cccc(-c3ccc4c(c3)C(C)(C)c3ccccc3-4)c2)c1. The number of rotatable bonds is 7. The quantitative estimate of drug-likeness (QED) is 0.132. The molecule has 1 nitrogen and oxygen atoms in total. The molecular formula is C44H37N. The van der Waals surface area contributed by atoms with E-state index in [1.807, 2.05) is 13.3 Å². The van der Waals surface area contributed by atoms with E-state index in [0.717, 1.165) is 0 Å². The van der Waals surface area contributed by atoms with Crippen molar-refractivity contribution >= 4 is 6.21 Å². The lowest BCUT2D eigenvalue weighted by Gasteiger charge is -2.33. The zero-order valence-electron chi connectivity index (χ0n) is 26.1. The maximum atomic E-state index is 4.25. The Hall–Kier alpha value is -5.27. The molecule has 0 heterocycles.